The van der Waals surface area contributed by atoms with Crippen LogP contribution >= 0.6 is 0 Å². The Labute approximate surface area is 129 Å². The molecule has 2 amide bonds. The summed E-state index contributed by atoms with van der Waals surface area (Å²) in [4.78, 5) is 23.4. The first kappa shape index (κ1) is 15.5. The molecule has 22 heavy (non-hydrogen) atoms. The molecular weight excluding hydrogens is 276 g/mol. The minimum absolute atomic E-state index is 0.0637. The highest BCUT2D eigenvalue weighted by molar-refractivity contribution is 5.97. The van der Waals surface area contributed by atoms with Gasteiger partial charge in [-0.05, 0) is 30.7 Å². The average Bonchev–Trinajstić information content (AvgIpc) is 2.54. The van der Waals surface area contributed by atoms with E-state index in [1.807, 2.05) is 61.5 Å². The highest BCUT2D eigenvalue weighted by Gasteiger charge is 2.03. The Morgan fingerprint density at radius 3 is 2.36 bits per heavy atom. The lowest BCUT2D eigenvalue weighted by atomic mass is 10.2. The van der Waals surface area contributed by atoms with Crippen molar-refractivity contribution in [2.45, 2.75) is 6.92 Å². The van der Waals surface area contributed by atoms with Crippen LogP contribution in [-0.2, 0) is 9.59 Å². The Bertz CT molecular complexity index is 661. The van der Waals surface area contributed by atoms with Crippen LogP contribution < -0.4 is 10.6 Å². The third kappa shape index (κ3) is 5.25. The van der Waals surface area contributed by atoms with Crippen molar-refractivity contribution >= 4 is 23.6 Å². The monoisotopic (exact) mass is 294 g/mol. The highest BCUT2D eigenvalue weighted by Crippen LogP contribution is 2.07. The van der Waals surface area contributed by atoms with Crippen LogP contribution in [0, 0.1) is 6.92 Å². The van der Waals surface area contributed by atoms with Crippen LogP contribution in [0.2, 0.25) is 0 Å². The van der Waals surface area contributed by atoms with Gasteiger partial charge in [-0.25, -0.2) is 0 Å². The molecule has 0 spiro atoms. The molecule has 0 radical (unpaired) electrons. The molecule has 4 heteroatoms. The van der Waals surface area contributed by atoms with E-state index in [4.69, 9.17) is 0 Å². The Kier molecular flexibility index (Phi) is 5.49. The number of hydrogen-bond acceptors (Lipinski definition) is 2. The summed E-state index contributed by atoms with van der Waals surface area (Å²) in [5, 5.41) is 5.27. The Hall–Kier alpha value is -2.88. The molecule has 0 aromatic heterocycles. The van der Waals surface area contributed by atoms with Crippen molar-refractivity contribution < 1.29 is 9.59 Å². The van der Waals surface area contributed by atoms with Crippen LogP contribution in [0.4, 0.5) is 5.69 Å². The van der Waals surface area contributed by atoms with E-state index in [2.05, 4.69) is 10.6 Å². The second-order valence-electron chi connectivity index (χ2n) is 4.88. The molecule has 0 bridgehead atoms. The molecule has 0 saturated heterocycles. The van der Waals surface area contributed by atoms with Crippen LogP contribution in [0.3, 0.4) is 0 Å². The van der Waals surface area contributed by atoms with Gasteiger partial charge >= 0.3 is 0 Å². The summed E-state index contributed by atoms with van der Waals surface area (Å²) < 4.78 is 0. The van der Waals surface area contributed by atoms with Crippen LogP contribution in [0.15, 0.2) is 60.7 Å². The summed E-state index contributed by atoms with van der Waals surface area (Å²) in [6, 6.07) is 17.0. The fourth-order valence-corrected chi connectivity index (χ4v) is 1.80. The number of benzene rings is 2. The molecule has 4 nitrogen and oxygen atoms in total. The second kappa shape index (κ2) is 7.78. The standard InChI is InChI=1S/C18H18N2O2/c1-14-7-10-16(11-8-14)20-18(22)13-19-17(21)12-9-15-5-3-2-4-6-15/h2-12H,13H2,1H3,(H,19,21)(H,20,22)/b12-9+. The SMILES string of the molecule is Cc1ccc(NC(=O)CNC(=O)/C=C/c2ccccc2)cc1. The highest BCUT2D eigenvalue weighted by atomic mass is 16.2. The van der Waals surface area contributed by atoms with Gasteiger partial charge in [0.05, 0.1) is 6.54 Å². The predicted octanol–water partition coefficient (Wildman–Crippen LogP) is 2.76. The Morgan fingerprint density at radius 2 is 1.68 bits per heavy atom. The van der Waals surface area contributed by atoms with Crippen molar-refractivity contribution in [1.82, 2.24) is 5.32 Å². The van der Waals surface area contributed by atoms with Gasteiger partial charge in [0.15, 0.2) is 0 Å². The second-order valence-corrected chi connectivity index (χ2v) is 4.88. The van der Waals surface area contributed by atoms with Crippen molar-refractivity contribution in [1.29, 1.82) is 0 Å². The van der Waals surface area contributed by atoms with Gasteiger partial charge in [0.25, 0.3) is 0 Å². The van der Waals surface area contributed by atoms with Gasteiger partial charge in [-0.2, -0.15) is 0 Å². The molecular formula is C18H18N2O2. The van der Waals surface area contributed by atoms with Gasteiger partial charge in [-0.3, -0.25) is 9.59 Å². The molecule has 0 aliphatic carbocycles. The molecule has 0 aliphatic rings. The zero-order chi connectivity index (χ0) is 15.8. The molecule has 0 unspecified atom stereocenters. The third-order valence-corrected chi connectivity index (χ3v) is 2.99. The van der Waals surface area contributed by atoms with E-state index in [9.17, 15) is 9.59 Å². The minimum Gasteiger partial charge on any atom is -0.343 e. The van der Waals surface area contributed by atoms with Crippen molar-refractivity contribution in [3.63, 3.8) is 0 Å². The maximum Gasteiger partial charge on any atom is 0.244 e. The predicted molar refractivity (Wildman–Crippen MR) is 88.3 cm³/mol. The molecule has 2 aromatic carbocycles. The first-order chi connectivity index (χ1) is 10.6. The molecule has 0 fully saturated rings. The smallest absolute Gasteiger partial charge is 0.244 e. The first-order valence-electron chi connectivity index (χ1n) is 7.01. The van der Waals surface area contributed by atoms with E-state index >= 15 is 0 Å². The van der Waals surface area contributed by atoms with E-state index in [0.29, 0.717) is 5.69 Å². The summed E-state index contributed by atoms with van der Waals surface area (Å²) in [7, 11) is 0. The van der Waals surface area contributed by atoms with Crippen LogP contribution in [0.5, 0.6) is 0 Å². The van der Waals surface area contributed by atoms with Crippen molar-refractivity contribution in [2.75, 3.05) is 11.9 Å². The fraction of sp³-hybridized carbons (Fsp3) is 0.111. The summed E-state index contributed by atoms with van der Waals surface area (Å²) in [6.45, 7) is 1.91. The van der Waals surface area contributed by atoms with E-state index in [0.717, 1.165) is 11.1 Å². The first-order valence-corrected chi connectivity index (χ1v) is 7.01. The number of nitrogens with one attached hydrogen (secondary N) is 2. The number of anilines is 1. The largest absolute Gasteiger partial charge is 0.343 e. The summed E-state index contributed by atoms with van der Waals surface area (Å²) in [5.41, 5.74) is 2.77. The summed E-state index contributed by atoms with van der Waals surface area (Å²) in [6.07, 6.45) is 3.11. The average molecular weight is 294 g/mol. The Balaban J connectivity index is 1.77. The van der Waals surface area contributed by atoms with Crippen molar-refractivity contribution in [3.05, 3.63) is 71.8 Å². The molecule has 2 rings (SSSR count). The number of carbonyl (C=O) groups excluding carboxylic acids is 2. The molecule has 0 heterocycles. The van der Waals surface area contributed by atoms with Gasteiger partial charge < -0.3 is 10.6 Å². The number of aryl methyl sites for hydroxylation is 1. The molecule has 0 aliphatic heterocycles. The number of rotatable bonds is 5. The maximum atomic E-state index is 11.7. The zero-order valence-electron chi connectivity index (χ0n) is 12.4. The van der Waals surface area contributed by atoms with Crippen molar-refractivity contribution in [3.8, 4) is 0 Å². The lowest BCUT2D eigenvalue weighted by molar-refractivity contribution is -0.121. The fourth-order valence-electron chi connectivity index (χ4n) is 1.80. The molecule has 2 aromatic rings. The molecule has 0 saturated carbocycles. The van der Waals surface area contributed by atoms with Crippen LogP contribution in [-0.4, -0.2) is 18.4 Å². The lowest BCUT2D eigenvalue weighted by Crippen LogP contribution is -2.31. The van der Waals surface area contributed by atoms with Gasteiger partial charge in [0, 0.05) is 11.8 Å². The third-order valence-electron chi connectivity index (χ3n) is 2.99. The van der Waals surface area contributed by atoms with E-state index in [1.54, 1.807) is 6.08 Å². The van der Waals surface area contributed by atoms with Gasteiger partial charge in [0.2, 0.25) is 11.8 Å². The number of carbonyl (C=O) groups is 2. The number of hydrogen-bond donors (Lipinski definition) is 2. The van der Waals surface area contributed by atoms with Crippen LogP contribution in [0.1, 0.15) is 11.1 Å². The molecule has 112 valence electrons. The molecule has 0 atom stereocenters. The van der Waals surface area contributed by atoms with E-state index < -0.39 is 0 Å². The normalized spacial score (nSPS) is 10.4. The zero-order valence-corrected chi connectivity index (χ0v) is 12.4. The minimum atomic E-state index is -0.303. The van der Waals surface area contributed by atoms with E-state index in [-0.39, 0.29) is 18.4 Å². The lowest BCUT2D eigenvalue weighted by Gasteiger charge is -2.06. The Morgan fingerprint density at radius 1 is 1.00 bits per heavy atom. The van der Waals surface area contributed by atoms with E-state index in [1.165, 1.54) is 6.08 Å². The summed E-state index contributed by atoms with van der Waals surface area (Å²) >= 11 is 0. The number of amides is 2. The molecule has 2 N–H and O–H groups in total. The quantitative estimate of drug-likeness (QED) is 0.833. The van der Waals surface area contributed by atoms with Gasteiger partial charge in [-0.15, -0.1) is 0 Å². The van der Waals surface area contributed by atoms with Crippen LogP contribution in [0.25, 0.3) is 6.08 Å². The maximum absolute atomic E-state index is 11.7. The van der Waals surface area contributed by atoms with Gasteiger partial charge in [-0.1, -0.05) is 48.0 Å². The summed E-state index contributed by atoms with van der Waals surface area (Å²) in [5.74, 6) is -0.562. The topological polar surface area (TPSA) is 58.2 Å². The van der Waals surface area contributed by atoms with Crippen molar-refractivity contribution in [2.24, 2.45) is 0 Å². The van der Waals surface area contributed by atoms with Gasteiger partial charge in [0.1, 0.15) is 0 Å².